The third-order valence-corrected chi connectivity index (χ3v) is 4.93. The molecule has 108 valence electrons. The number of hydrogen-bond donors (Lipinski definition) is 2. The van der Waals surface area contributed by atoms with Crippen LogP contribution in [0.3, 0.4) is 0 Å². The van der Waals surface area contributed by atoms with Crippen LogP contribution in [0.15, 0.2) is 33.6 Å². The number of sulfonamides is 1. The lowest BCUT2D eigenvalue weighted by atomic mass is 9.92. The maximum absolute atomic E-state index is 12.4. The van der Waals surface area contributed by atoms with Gasteiger partial charge >= 0.3 is 0 Å². The molecule has 0 heterocycles. The molecule has 0 spiro atoms. The average Bonchev–Trinajstić information content (AvgIpc) is 2.27. The Labute approximate surface area is 124 Å². The molecule has 0 saturated heterocycles. The Kier molecular flexibility index (Phi) is 5.55. The van der Waals surface area contributed by atoms with Gasteiger partial charge < -0.3 is 5.73 Å². The second kappa shape index (κ2) is 6.35. The minimum Gasteiger partial charge on any atom is -0.329 e. The van der Waals surface area contributed by atoms with E-state index in [-0.39, 0.29) is 11.4 Å². The second-order valence-electron chi connectivity index (χ2n) is 5.43. The summed E-state index contributed by atoms with van der Waals surface area (Å²) < 4.78 is 28.2. The first-order valence-electron chi connectivity index (χ1n) is 6.18. The van der Waals surface area contributed by atoms with Crippen molar-refractivity contribution < 1.29 is 8.42 Å². The molecule has 0 bridgehead atoms. The van der Waals surface area contributed by atoms with Crippen LogP contribution in [0.5, 0.6) is 0 Å². The van der Waals surface area contributed by atoms with Crippen LogP contribution in [0, 0.1) is 5.92 Å². The number of halogens is 1. The molecule has 1 unspecified atom stereocenters. The number of hydrogen-bond acceptors (Lipinski definition) is 3. The molecule has 1 aromatic carbocycles. The molecule has 1 atom stereocenters. The molecule has 1 aromatic rings. The summed E-state index contributed by atoms with van der Waals surface area (Å²) in [6.07, 6.45) is 0.691. The van der Waals surface area contributed by atoms with Crippen molar-refractivity contribution in [2.45, 2.75) is 37.6 Å². The van der Waals surface area contributed by atoms with Gasteiger partial charge in [-0.25, -0.2) is 13.1 Å². The van der Waals surface area contributed by atoms with Crippen LogP contribution in [0.1, 0.15) is 27.2 Å². The molecule has 0 saturated carbocycles. The third kappa shape index (κ3) is 4.87. The molecule has 0 fully saturated rings. The highest BCUT2D eigenvalue weighted by molar-refractivity contribution is 9.10. The van der Waals surface area contributed by atoms with E-state index in [0.29, 0.717) is 12.3 Å². The number of rotatable bonds is 6. The Hall–Kier alpha value is -0.430. The summed E-state index contributed by atoms with van der Waals surface area (Å²) in [6.45, 7) is 6.18. The van der Waals surface area contributed by atoms with E-state index in [1.54, 1.807) is 24.3 Å². The van der Waals surface area contributed by atoms with E-state index in [2.05, 4.69) is 20.7 Å². The lowest BCUT2D eigenvalue weighted by Gasteiger charge is -2.30. The van der Waals surface area contributed by atoms with Crippen LogP contribution in [-0.4, -0.2) is 20.5 Å². The summed E-state index contributed by atoms with van der Waals surface area (Å²) in [5.74, 6) is 0.360. The quantitative estimate of drug-likeness (QED) is 0.829. The molecule has 19 heavy (non-hydrogen) atoms. The van der Waals surface area contributed by atoms with Gasteiger partial charge in [-0.15, -0.1) is 0 Å². The molecule has 0 aliphatic rings. The van der Waals surface area contributed by atoms with Crippen molar-refractivity contribution in [2.24, 2.45) is 11.7 Å². The Balaban J connectivity index is 3.01. The second-order valence-corrected chi connectivity index (χ2v) is 8.02. The Morgan fingerprint density at radius 2 is 2.05 bits per heavy atom. The van der Waals surface area contributed by atoms with E-state index in [0.717, 1.165) is 4.47 Å². The Morgan fingerprint density at radius 3 is 2.53 bits per heavy atom. The van der Waals surface area contributed by atoms with Crippen molar-refractivity contribution in [2.75, 3.05) is 6.54 Å². The summed E-state index contributed by atoms with van der Waals surface area (Å²) in [5, 5.41) is 0. The molecular weight excluding hydrogens is 328 g/mol. The van der Waals surface area contributed by atoms with Gasteiger partial charge in [-0.2, -0.15) is 0 Å². The van der Waals surface area contributed by atoms with Gasteiger partial charge in [0.2, 0.25) is 10.0 Å². The zero-order valence-electron chi connectivity index (χ0n) is 11.5. The lowest BCUT2D eigenvalue weighted by molar-refractivity contribution is 0.344. The monoisotopic (exact) mass is 348 g/mol. The van der Waals surface area contributed by atoms with E-state index < -0.39 is 15.6 Å². The summed E-state index contributed by atoms with van der Waals surface area (Å²) >= 11 is 3.27. The third-order valence-electron chi connectivity index (χ3n) is 2.80. The van der Waals surface area contributed by atoms with Crippen molar-refractivity contribution in [1.29, 1.82) is 0 Å². The van der Waals surface area contributed by atoms with Gasteiger partial charge in [-0.3, -0.25) is 0 Å². The molecular formula is C13H21BrN2O2S. The summed E-state index contributed by atoms with van der Waals surface area (Å²) in [7, 11) is -3.56. The van der Waals surface area contributed by atoms with Gasteiger partial charge in [0.1, 0.15) is 0 Å². The maximum atomic E-state index is 12.4. The first-order valence-corrected chi connectivity index (χ1v) is 8.46. The van der Waals surface area contributed by atoms with E-state index in [1.807, 2.05) is 20.8 Å². The molecule has 0 aromatic heterocycles. The van der Waals surface area contributed by atoms with E-state index >= 15 is 0 Å². The van der Waals surface area contributed by atoms with Crippen molar-refractivity contribution in [1.82, 2.24) is 4.72 Å². The standard InChI is InChI=1S/C13H21BrN2O2S/c1-10(2)8-13(3,9-15)16-19(17,18)12-6-4-5-11(14)7-12/h4-7,10,16H,8-9,15H2,1-3H3. The first kappa shape index (κ1) is 16.6. The molecule has 0 radical (unpaired) electrons. The maximum Gasteiger partial charge on any atom is 0.241 e. The van der Waals surface area contributed by atoms with Crippen LogP contribution in [0.4, 0.5) is 0 Å². The molecule has 3 N–H and O–H groups in total. The first-order chi connectivity index (χ1) is 8.68. The minimum absolute atomic E-state index is 0.241. The summed E-state index contributed by atoms with van der Waals surface area (Å²) in [4.78, 5) is 0.241. The molecule has 4 nitrogen and oxygen atoms in total. The van der Waals surface area contributed by atoms with E-state index in [4.69, 9.17) is 5.73 Å². The summed E-state index contributed by atoms with van der Waals surface area (Å²) in [5.41, 5.74) is 5.10. The van der Waals surface area contributed by atoms with Crippen LogP contribution in [0.2, 0.25) is 0 Å². The fourth-order valence-electron chi connectivity index (χ4n) is 2.09. The number of benzene rings is 1. The molecule has 0 aliphatic heterocycles. The average molecular weight is 349 g/mol. The van der Waals surface area contributed by atoms with Crippen LogP contribution in [0.25, 0.3) is 0 Å². The minimum atomic E-state index is -3.56. The topological polar surface area (TPSA) is 72.2 Å². The van der Waals surface area contributed by atoms with Crippen molar-refractivity contribution in [3.05, 3.63) is 28.7 Å². The lowest BCUT2D eigenvalue weighted by Crippen LogP contribution is -2.51. The van der Waals surface area contributed by atoms with Gasteiger partial charge in [0.15, 0.2) is 0 Å². The highest BCUT2D eigenvalue weighted by Crippen LogP contribution is 2.21. The predicted molar refractivity (Wildman–Crippen MR) is 81.4 cm³/mol. The zero-order valence-corrected chi connectivity index (χ0v) is 13.9. The highest BCUT2D eigenvalue weighted by Gasteiger charge is 2.30. The van der Waals surface area contributed by atoms with Gasteiger partial charge in [-0.05, 0) is 37.5 Å². The Bertz CT molecular complexity index is 531. The van der Waals surface area contributed by atoms with Crippen molar-refractivity contribution >= 4 is 26.0 Å². The van der Waals surface area contributed by atoms with Crippen LogP contribution < -0.4 is 10.5 Å². The molecule has 6 heteroatoms. The van der Waals surface area contributed by atoms with Crippen molar-refractivity contribution in [3.63, 3.8) is 0 Å². The predicted octanol–water partition coefficient (Wildman–Crippen LogP) is 2.49. The van der Waals surface area contributed by atoms with Gasteiger partial charge in [-0.1, -0.05) is 35.8 Å². The fourth-order valence-corrected chi connectivity index (χ4v) is 4.11. The van der Waals surface area contributed by atoms with Gasteiger partial charge in [0.05, 0.1) is 4.90 Å². The SMILES string of the molecule is CC(C)CC(C)(CN)NS(=O)(=O)c1cccc(Br)c1. The zero-order chi connectivity index (χ0) is 14.7. The Morgan fingerprint density at radius 1 is 1.42 bits per heavy atom. The normalized spacial score (nSPS) is 15.5. The van der Waals surface area contributed by atoms with E-state index in [9.17, 15) is 8.42 Å². The van der Waals surface area contributed by atoms with Crippen LogP contribution in [-0.2, 0) is 10.0 Å². The number of nitrogens with two attached hydrogens (primary N) is 1. The smallest absolute Gasteiger partial charge is 0.241 e. The largest absolute Gasteiger partial charge is 0.329 e. The van der Waals surface area contributed by atoms with Gasteiger partial charge in [0.25, 0.3) is 0 Å². The molecule has 1 rings (SSSR count). The summed E-state index contributed by atoms with van der Waals surface area (Å²) in [6, 6.07) is 6.63. The fraction of sp³-hybridized carbons (Fsp3) is 0.538. The number of nitrogens with one attached hydrogen (secondary N) is 1. The van der Waals surface area contributed by atoms with Gasteiger partial charge in [0, 0.05) is 16.6 Å². The molecule has 0 aliphatic carbocycles. The van der Waals surface area contributed by atoms with Crippen LogP contribution >= 0.6 is 15.9 Å². The van der Waals surface area contributed by atoms with Crippen molar-refractivity contribution in [3.8, 4) is 0 Å². The highest BCUT2D eigenvalue weighted by atomic mass is 79.9. The van der Waals surface area contributed by atoms with E-state index in [1.165, 1.54) is 0 Å². The molecule has 0 amide bonds.